The highest BCUT2D eigenvalue weighted by Gasteiger charge is 2.37. The average Bonchev–Trinajstić information content (AvgIpc) is 3.77. The van der Waals surface area contributed by atoms with Crippen LogP contribution in [0.2, 0.25) is 5.02 Å². The molecular formula is C30H33ClFN5O. The number of hydrogen-bond donors (Lipinski definition) is 1. The zero-order chi connectivity index (χ0) is 26.2. The van der Waals surface area contributed by atoms with Crippen LogP contribution < -0.4 is 9.80 Å². The van der Waals surface area contributed by atoms with Crippen molar-refractivity contribution in [1.82, 2.24) is 14.9 Å². The fourth-order valence-corrected chi connectivity index (χ4v) is 5.97. The maximum atomic E-state index is 14.5. The molecule has 1 N–H and O–H groups in total. The Morgan fingerprint density at radius 1 is 1.13 bits per heavy atom. The van der Waals surface area contributed by atoms with Gasteiger partial charge in [0.1, 0.15) is 11.9 Å². The monoisotopic (exact) mass is 533 g/mol. The number of fused-ring (bicyclic) bond motifs is 1. The molecule has 3 aromatic rings. The fourth-order valence-electron chi connectivity index (χ4n) is 5.81. The molecule has 6 nitrogen and oxygen atoms in total. The first-order valence-electron chi connectivity index (χ1n) is 13.4. The number of piperidine rings is 1. The van der Waals surface area contributed by atoms with E-state index < -0.39 is 11.9 Å². The van der Waals surface area contributed by atoms with E-state index in [9.17, 15) is 9.50 Å². The molecule has 198 valence electrons. The summed E-state index contributed by atoms with van der Waals surface area (Å²) in [6.45, 7) is 5.21. The van der Waals surface area contributed by atoms with Crippen molar-refractivity contribution >= 4 is 23.0 Å². The van der Waals surface area contributed by atoms with Gasteiger partial charge in [0.2, 0.25) is 0 Å². The van der Waals surface area contributed by atoms with Gasteiger partial charge in [0, 0.05) is 73.8 Å². The van der Waals surface area contributed by atoms with Crippen molar-refractivity contribution in [3.8, 4) is 0 Å². The molecule has 0 radical (unpaired) electrons. The van der Waals surface area contributed by atoms with Crippen molar-refractivity contribution in [3.05, 3.63) is 94.4 Å². The summed E-state index contributed by atoms with van der Waals surface area (Å²) in [4.78, 5) is 15.8. The minimum absolute atomic E-state index is 0.0887. The molecule has 38 heavy (non-hydrogen) atoms. The predicted octanol–water partition coefficient (Wildman–Crippen LogP) is 5.65. The van der Waals surface area contributed by atoms with Crippen molar-refractivity contribution in [2.45, 2.75) is 57.3 Å². The number of rotatable bonds is 7. The molecule has 1 unspecified atom stereocenters. The number of pyridine rings is 2. The highest BCUT2D eigenvalue weighted by atomic mass is 35.5. The molecule has 3 aliphatic rings. The van der Waals surface area contributed by atoms with Crippen LogP contribution in [-0.4, -0.2) is 51.7 Å². The molecule has 8 heteroatoms. The second-order valence-electron chi connectivity index (χ2n) is 10.7. The van der Waals surface area contributed by atoms with Gasteiger partial charge in [-0.15, -0.1) is 0 Å². The predicted molar refractivity (Wildman–Crippen MR) is 149 cm³/mol. The minimum Gasteiger partial charge on any atom is -0.384 e. The topological polar surface area (TPSA) is 55.7 Å². The number of aliphatic hydroxyl groups excluding tert-OH is 1. The summed E-state index contributed by atoms with van der Waals surface area (Å²) in [5.41, 5.74) is 5.61. The summed E-state index contributed by atoms with van der Waals surface area (Å²) in [7, 11) is 0. The molecule has 0 bridgehead atoms. The Bertz CT molecular complexity index is 1330. The van der Waals surface area contributed by atoms with E-state index in [0.717, 1.165) is 68.0 Å². The van der Waals surface area contributed by atoms with Gasteiger partial charge in [-0.05, 0) is 80.1 Å². The summed E-state index contributed by atoms with van der Waals surface area (Å²) in [5, 5.41) is 11.6. The van der Waals surface area contributed by atoms with Crippen LogP contribution in [0.5, 0.6) is 0 Å². The van der Waals surface area contributed by atoms with Crippen LogP contribution >= 0.6 is 11.6 Å². The van der Waals surface area contributed by atoms with Gasteiger partial charge in [0.25, 0.3) is 0 Å². The third-order valence-corrected chi connectivity index (χ3v) is 8.18. The number of aryl methyl sites for hydroxylation is 1. The van der Waals surface area contributed by atoms with E-state index in [4.69, 9.17) is 11.6 Å². The first-order valence-corrected chi connectivity index (χ1v) is 13.8. The van der Waals surface area contributed by atoms with E-state index in [1.807, 2.05) is 25.4 Å². The number of hydrogen-bond acceptors (Lipinski definition) is 6. The Kier molecular flexibility index (Phi) is 7.08. The molecule has 2 atom stereocenters. The quantitative estimate of drug-likeness (QED) is 0.423. The fraction of sp³-hybridized carbons (Fsp3) is 0.400. The smallest absolute Gasteiger partial charge is 0.142 e. The zero-order valence-corrected chi connectivity index (χ0v) is 22.4. The molecule has 2 aromatic heterocycles. The number of aliphatic hydroxyl groups is 1. The molecule has 1 aliphatic carbocycles. The molecule has 4 heterocycles. The molecule has 0 amide bonds. The largest absolute Gasteiger partial charge is 0.384 e. The first-order chi connectivity index (χ1) is 18.5. The number of benzene rings is 1. The van der Waals surface area contributed by atoms with Gasteiger partial charge in [0.15, 0.2) is 0 Å². The Labute approximate surface area is 228 Å². The Morgan fingerprint density at radius 3 is 2.76 bits per heavy atom. The zero-order valence-electron chi connectivity index (χ0n) is 21.6. The number of halogens is 2. The first kappa shape index (κ1) is 25.3. The highest BCUT2D eigenvalue weighted by Crippen LogP contribution is 2.44. The summed E-state index contributed by atoms with van der Waals surface area (Å²) in [5.74, 6) is -0.495. The van der Waals surface area contributed by atoms with Crippen LogP contribution in [0.15, 0.2) is 66.8 Å². The Hall–Kier alpha value is -3.00. The van der Waals surface area contributed by atoms with Gasteiger partial charge in [-0.1, -0.05) is 11.6 Å². The van der Waals surface area contributed by atoms with Crippen molar-refractivity contribution in [2.75, 3.05) is 29.4 Å². The normalized spacial score (nSPS) is 21.4. The summed E-state index contributed by atoms with van der Waals surface area (Å²) >= 11 is 6.15. The van der Waals surface area contributed by atoms with Crippen LogP contribution in [0.1, 0.15) is 48.6 Å². The van der Waals surface area contributed by atoms with Crippen molar-refractivity contribution < 1.29 is 9.50 Å². The van der Waals surface area contributed by atoms with Crippen LogP contribution in [0.3, 0.4) is 0 Å². The average molecular weight is 534 g/mol. The highest BCUT2D eigenvalue weighted by molar-refractivity contribution is 6.31. The number of aromatic nitrogens is 2. The van der Waals surface area contributed by atoms with Crippen molar-refractivity contribution in [1.29, 1.82) is 0 Å². The molecule has 2 fully saturated rings. The third-order valence-electron chi connectivity index (χ3n) is 7.90. The molecule has 1 saturated heterocycles. The Morgan fingerprint density at radius 2 is 2.00 bits per heavy atom. The summed E-state index contributed by atoms with van der Waals surface area (Å²) in [6.07, 6.45) is 11.1. The molecule has 1 aromatic carbocycles. The standard InChI is InChI=1S/C30H33ClFN5O/c1-20-12-21(8-10-34-20)16-36(25-5-3-11-35(19-25)24-4-2-9-33-15-24)17-22-18-37(23-6-7-23)29-14-27(31)28(32)13-26(29)30(22)38/h2,4,8-10,12-15,18,23,25,30,38H,3,5-7,11,16-17,19H2,1H3/t25-,30?/m0/s1. The van der Waals surface area contributed by atoms with Gasteiger partial charge < -0.3 is 14.9 Å². The van der Waals surface area contributed by atoms with Crippen LogP contribution in [-0.2, 0) is 6.54 Å². The van der Waals surface area contributed by atoms with Gasteiger partial charge in [0.05, 0.1) is 16.9 Å². The molecule has 1 saturated carbocycles. The van der Waals surface area contributed by atoms with E-state index in [1.54, 1.807) is 12.3 Å². The lowest BCUT2D eigenvalue weighted by atomic mass is 9.94. The maximum Gasteiger partial charge on any atom is 0.142 e. The summed E-state index contributed by atoms with van der Waals surface area (Å²) in [6, 6.07) is 12.0. The molecular weight excluding hydrogens is 501 g/mol. The van der Waals surface area contributed by atoms with Gasteiger partial charge >= 0.3 is 0 Å². The lowest BCUT2D eigenvalue weighted by molar-refractivity contribution is 0.152. The van der Waals surface area contributed by atoms with Crippen LogP contribution in [0, 0.1) is 12.7 Å². The SMILES string of the molecule is Cc1cc(CN(CC2=CN(C3CC3)c3cc(Cl)c(F)cc3C2O)[C@H]2CCCN(c3cccnc3)C2)ccn1. The van der Waals surface area contributed by atoms with E-state index in [-0.39, 0.29) is 11.1 Å². The second kappa shape index (κ2) is 10.6. The molecule has 2 aliphatic heterocycles. The van der Waals surface area contributed by atoms with Gasteiger partial charge in [-0.2, -0.15) is 0 Å². The van der Waals surface area contributed by atoms with E-state index in [2.05, 4.69) is 49.1 Å². The number of anilines is 2. The molecule has 6 rings (SSSR count). The van der Waals surface area contributed by atoms with Crippen molar-refractivity contribution in [3.63, 3.8) is 0 Å². The van der Waals surface area contributed by atoms with E-state index in [0.29, 0.717) is 18.2 Å². The van der Waals surface area contributed by atoms with E-state index >= 15 is 0 Å². The maximum absolute atomic E-state index is 14.5. The Balaban J connectivity index is 1.31. The second-order valence-corrected chi connectivity index (χ2v) is 11.1. The lowest BCUT2D eigenvalue weighted by Crippen LogP contribution is -2.49. The van der Waals surface area contributed by atoms with Crippen LogP contribution in [0.4, 0.5) is 15.8 Å². The van der Waals surface area contributed by atoms with Crippen LogP contribution in [0.25, 0.3) is 0 Å². The number of nitrogens with zero attached hydrogens (tertiary/aromatic N) is 5. The third kappa shape index (κ3) is 5.28. The van der Waals surface area contributed by atoms with Crippen molar-refractivity contribution in [2.24, 2.45) is 0 Å². The lowest BCUT2D eigenvalue weighted by Gasteiger charge is -2.42. The van der Waals surface area contributed by atoms with E-state index in [1.165, 1.54) is 11.6 Å². The van der Waals surface area contributed by atoms with Gasteiger partial charge in [-0.25, -0.2) is 4.39 Å². The summed E-state index contributed by atoms with van der Waals surface area (Å²) < 4.78 is 14.5. The van der Waals surface area contributed by atoms with Gasteiger partial charge in [-0.3, -0.25) is 14.9 Å². The minimum atomic E-state index is -0.883. The molecule has 0 spiro atoms.